The van der Waals surface area contributed by atoms with E-state index in [-0.39, 0.29) is 5.91 Å². The van der Waals surface area contributed by atoms with Crippen molar-refractivity contribution in [1.82, 2.24) is 9.47 Å². The Morgan fingerprint density at radius 2 is 2.04 bits per heavy atom. The number of hydrogen-bond donors (Lipinski definition) is 1. The molecule has 128 valence electrons. The number of aliphatic hydroxyl groups excluding tert-OH is 1. The van der Waals surface area contributed by atoms with Gasteiger partial charge in [-0.2, -0.15) is 0 Å². The van der Waals surface area contributed by atoms with Gasteiger partial charge in [0.05, 0.1) is 17.3 Å². The number of hydrogen-bond acceptors (Lipinski definition) is 3. The van der Waals surface area contributed by atoms with Gasteiger partial charge in [0.1, 0.15) is 0 Å². The number of para-hydroxylation sites is 1. The van der Waals surface area contributed by atoms with Gasteiger partial charge >= 0.3 is 0 Å². The Kier molecular flexibility index (Phi) is 3.85. The highest BCUT2D eigenvalue weighted by molar-refractivity contribution is 6.07. The molecule has 1 unspecified atom stereocenters. The van der Waals surface area contributed by atoms with Gasteiger partial charge < -0.3 is 19.3 Å². The monoisotopic (exact) mass is 328 g/mol. The van der Waals surface area contributed by atoms with E-state index in [4.69, 9.17) is 4.74 Å². The third-order valence-electron chi connectivity index (χ3n) is 5.64. The Hall–Kier alpha value is -1.85. The van der Waals surface area contributed by atoms with Gasteiger partial charge in [0, 0.05) is 43.8 Å². The molecule has 1 spiro atoms. The van der Waals surface area contributed by atoms with E-state index in [0.717, 1.165) is 29.3 Å². The van der Waals surface area contributed by atoms with Crippen molar-refractivity contribution in [3.63, 3.8) is 0 Å². The molecule has 1 aromatic carbocycles. The standard InChI is InChI=1S/C19H24N2O3/c1-20-13-15(14-5-2-3-6-16(14)20)18(23)21-10-8-19(9-11-21)17(22)7-4-12-24-19/h2-3,5-6,13,17,22H,4,7-12H2,1H3. The zero-order valence-corrected chi connectivity index (χ0v) is 14.1. The fraction of sp³-hybridized carbons (Fsp3) is 0.526. The Morgan fingerprint density at radius 3 is 2.79 bits per heavy atom. The third-order valence-corrected chi connectivity index (χ3v) is 5.64. The quantitative estimate of drug-likeness (QED) is 0.874. The van der Waals surface area contributed by atoms with Gasteiger partial charge in [-0.15, -0.1) is 0 Å². The number of aromatic nitrogens is 1. The van der Waals surface area contributed by atoms with Gasteiger partial charge in [-0.25, -0.2) is 0 Å². The molecule has 5 heteroatoms. The van der Waals surface area contributed by atoms with Crippen molar-refractivity contribution in [2.24, 2.45) is 7.05 Å². The molecule has 2 aromatic rings. The lowest BCUT2D eigenvalue weighted by Crippen LogP contribution is -2.56. The summed E-state index contributed by atoms with van der Waals surface area (Å²) in [6.07, 6.45) is 4.67. The first-order chi connectivity index (χ1) is 11.6. The van der Waals surface area contributed by atoms with Crippen molar-refractivity contribution in [2.45, 2.75) is 37.4 Å². The lowest BCUT2D eigenvalue weighted by atomic mass is 9.82. The Balaban J connectivity index is 1.54. The summed E-state index contributed by atoms with van der Waals surface area (Å²) in [6.45, 7) is 1.99. The second kappa shape index (κ2) is 5.90. The highest BCUT2D eigenvalue weighted by Gasteiger charge is 2.44. The topological polar surface area (TPSA) is 54.7 Å². The normalized spacial score (nSPS) is 23.8. The van der Waals surface area contributed by atoms with Gasteiger partial charge in [0.2, 0.25) is 0 Å². The average molecular weight is 328 g/mol. The summed E-state index contributed by atoms with van der Waals surface area (Å²) in [4.78, 5) is 14.9. The van der Waals surface area contributed by atoms with E-state index < -0.39 is 11.7 Å². The number of piperidine rings is 1. The lowest BCUT2D eigenvalue weighted by molar-refractivity contribution is -0.174. The summed E-state index contributed by atoms with van der Waals surface area (Å²) in [5.41, 5.74) is 1.39. The summed E-state index contributed by atoms with van der Waals surface area (Å²) < 4.78 is 7.94. The molecule has 2 saturated heterocycles. The second-order valence-electron chi connectivity index (χ2n) is 7.03. The molecule has 0 saturated carbocycles. The van der Waals surface area contributed by atoms with Crippen LogP contribution < -0.4 is 0 Å². The van der Waals surface area contributed by atoms with Crippen LogP contribution in [0.4, 0.5) is 0 Å². The Labute approximate surface area is 141 Å². The van der Waals surface area contributed by atoms with Crippen LogP contribution in [0.15, 0.2) is 30.5 Å². The van der Waals surface area contributed by atoms with Crippen molar-refractivity contribution >= 4 is 16.8 Å². The number of carbonyl (C=O) groups is 1. The zero-order chi connectivity index (χ0) is 16.7. The number of aliphatic hydroxyl groups is 1. The smallest absolute Gasteiger partial charge is 0.256 e. The third kappa shape index (κ3) is 2.43. The molecular formula is C19H24N2O3. The van der Waals surface area contributed by atoms with Crippen molar-refractivity contribution in [3.8, 4) is 0 Å². The second-order valence-corrected chi connectivity index (χ2v) is 7.03. The zero-order valence-electron chi connectivity index (χ0n) is 14.1. The maximum Gasteiger partial charge on any atom is 0.256 e. The first-order valence-electron chi connectivity index (χ1n) is 8.76. The van der Waals surface area contributed by atoms with Crippen molar-refractivity contribution in [1.29, 1.82) is 0 Å². The number of nitrogens with zero attached hydrogens (tertiary/aromatic N) is 2. The van der Waals surface area contributed by atoms with Crippen LogP contribution in [0.2, 0.25) is 0 Å². The number of carbonyl (C=O) groups excluding carboxylic acids is 1. The molecule has 0 bridgehead atoms. The largest absolute Gasteiger partial charge is 0.390 e. The molecule has 1 amide bonds. The van der Waals surface area contributed by atoms with Gasteiger partial charge in [-0.3, -0.25) is 4.79 Å². The first-order valence-corrected chi connectivity index (χ1v) is 8.76. The van der Waals surface area contributed by atoms with Crippen LogP contribution in [0.25, 0.3) is 10.9 Å². The van der Waals surface area contributed by atoms with Gasteiger partial charge in [0.15, 0.2) is 0 Å². The minimum Gasteiger partial charge on any atom is -0.390 e. The van der Waals surface area contributed by atoms with E-state index in [2.05, 4.69) is 0 Å². The molecule has 3 heterocycles. The molecule has 2 fully saturated rings. The summed E-state index contributed by atoms with van der Waals surface area (Å²) in [5, 5.41) is 11.3. The molecule has 5 nitrogen and oxygen atoms in total. The predicted octanol–water partition coefficient (Wildman–Crippen LogP) is 2.32. The lowest BCUT2D eigenvalue weighted by Gasteiger charge is -2.46. The fourth-order valence-corrected chi connectivity index (χ4v) is 4.16. The number of ether oxygens (including phenoxy) is 1. The van der Waals surface area contributed by atoms with Crippen molar-refractivity contribution < 1.29 is 14.6 Å². The number of rotatable bonds is 1. The van der Waals surface area contributed by atoms with Crippen molar-refractivity contribution in [2.75, 3.05) is 19.7 Å². The summed E-state index contributed by atoms with van der Waals surface area (Å²) in [7, 11) is 1.97. The number of likely N-dealkylation sites (tertiary alicyclic amines) is 1. The van der Waals surface area contributed by atoms with E-state index in [1.54, 1.807) is 0 Å². The molecule has 1 N–H and O–H groups in total. The van der Waals surface area contributed by atoms with Crippen molar-refractivity contribution in [3.05, 3.63) is 36.0 Å². The van der Waals surface area contributed by atoms with Gasteiger partial charge in [-0.1, -0.05) is 18.2 Å². The summed E-state index contributed by atoms with van der Waals surface area (Å²) >= 11 is 0. The van der Waals surface area contributed by atoms with E-state index in [1.807, 2.05) is 47.0 Å². The van der Waals surface area contributed by atoms with E-state index >= 15 is 0 Å². The molecule has 24 heavy (non-hydrogen) atoms. The van der Waals surface area contributed by atoms with Crippen LogP contribution in [0, 0.1) is 0 Å². The number of benzene rings is 1. The van der Waals surface area contributed by atoms with E-state index in [1.165, 1.54) is 0 Å². The Morgan fingerprint density at radius 1 is 1.29 bits per heavy atom. The fourth-order valence-electron chi connectivity index (χ4n) is 4.16. The van der Waals surface area contributed by atoms with Crippen LogP contribution in [0.3, 0.4) is 0 Å². The maximum atomic E-state index is 13.0. The van der Waals surface area contributed by atoms with Gasteiger partial charge in [0.25, 0.3) is 5.91 Å². The Bertz CT molecular complexity index is 759. The number of aryl methyl sites for hydroxylation is 1. The minimum absolute atomic E-state index is 0.0759. The summed E-state index contributed by atoms with van der Waals surface area (Å²) in [5.74, 6) is 0.0759. The highest BCUT2D eigenvalue weighted by Crippen LogP contribution is 2.36. The minimum atomic E-state index is -0.437. The molecular weight excluding hydrogens is 304 g/mol. The van der Waals surface area contributed by atoms with Crippen LogP contribution in [-0.4, -0.2) is 51.9 Å². The highest BCUT2D eigenvalue weighted by atomic mass is 16.5. The van der Waals surface area contributed by atoms with Crippen LogP contribution >= 0.6 is 0 Å². The molecule has 4 rings (SSSR count). The number of amides is 1. The molecule has 1 aromatic heterocycles. The average Bonchev–Trinajstić information content (AvgIpc) is 2.95. The first kappa shape index (κ1) is 15.7. The molecule has 0 aliphatic carbocycles. The van der Waals surface area contributed by atoms with E-state index in [0.29, 0.717) is 32.5 Å². The SMILES string of the molecule is Cn1cc(C(=O)N2CCC3(CC2)OCCCC3O)c2ccccc21. The molecule has 1 atom stereocenters. The predicted molar refractivity (Wildman–Crippen MR) is 92.0 cm³/mol. The molecule has 2 aliphatic rings. The van der Waals surface area contributed by atoms with Crippen LogP contribution in [0.5, 0.6) is 0 Å². The number of fused-ring (bicyclic) bond motifs is 1. The maximum absolute atomic E-state index is 13.0. The molecule has 2 aliphatic heterocycles. The van der Waals surface area contributed by atoms with E-state index in [9.17, 15) is 9.90 Å². The van der Waals surface area contributed by atoms with Crippen LogP contribution in [-0.2, 0) is 11.8 Å². The van der Waals surface area contributed by atoms with Gasteiger partial charge in [-0.05, 0) is 31.7 Å². The summed E-state index contributed by atoms with van der Waals surface area (Å²) in [6, 6.07) is 7.99. The van der Waals surface area contributed by atoms with Crippen LogP contribution in [0.1, 0.15) is 36.0 Å². The molecule has 0 radical (unpaired) electrons.